The monoisotopic (exact) mass is 261 g/mol. The van der Waals surface area contributed by atoms with Crippen molar-refractivity contribution in [1.29, 1.82) is 0 Å². The van der Waals surface area contributed by atoms with Crippen molar-refractivity contribution >= 4 is 33.1 Å². The van der Waals surface area contributed by atoms with Gasteiger partial charge in [0, 0.05) is 12.0 Å². The highest BCUT2D eigenvalue weighted by atomic mass is 35.5. The van der Waals surface area contributed by atoms with E-state index in [9.17, 15) is 13.2 Å². The van der Waals surface area contributed by atoms with Crippen molar-refractivity contribution in [3.63, 3.8) is 0 Å². The van der Waals surface area contributed by atoms with Crippen molar-refractivity contribution in [3.05, 3.63) is 28.8 Å². The van der Waals surface area contributed by atoms with Crippen LogP contribution in [-0.4, -0.2) is 20.5 Å². The lowest BCUT2D eigenvalue weighted by molar-refractivity contribution is 0.0988. The molecule has 0 heterocycles. The minimum Gasteiger partial charge on any atom is -0.294 e. The van der Waals surface area contributed by atoms with Crippen molar-refractivity contribution in [2.45, 2.75) is 13.3 Å². The van der Waals surface area contributed by atoms with Crippen LogP contribution >= 0.6 is 11.6 Å². The molecule has 0 atom stereocenters. The van der Waals surface area contributed by atoms with Crippen LogP contribution in [0.15, 0.2) is 18.2 Å². The maximum atomic E-state index is 11.4. The van der Waals surface area contributed by atoms with Crippen molar-refractivity contribution in [2.75, 3.05) is 11.0 Å². The first-order valence-corrected chi connectivity index (χ1v) is 6.91. The lowest BCUT2D eigenvalue weighted by atomic mass is 10.1. The summed E-state index contributed by atoms with van der Waals surface area (Å²) in [4.78, 5) is 11.4. The Kier molecular flexibility index (Phi) is 3.93. The quantitative estimate of drug-likeness (QED) is 0.846. The number of anilines is 1. The number of rotatable bonds is 4. The molecule has 1 aromatic carbocycles. The molecule has 0 saturated heterocycles. The molecule has 0 aliphatic carbocycles. The number of halogens is 1. The van der Waals surface area contributed by atoms with Crippen LogP contribution in [0.5, 0.6) is 0 Å². The third kappa shape index (κ3) is 3.50. The van der Waals surface area contributed by atoms with E-state index in [-0.39, 0.29) is 16.5 Å². The Labute approximate surface area is 99.7 Å². The fourth-order valence-corrected chi connectivity index (χ4v) is 2.04. The second kappa shape index (κ2) is 4.84. The van der Waals surface area contributed by atoms with Crippen LogP contribution in [0.4, 0.5) is 5.69 Å². The third-order valence-electron chi connectivity index (χ3n) is 1.91. The summed E-state index contributed by atoms with van der Waals surface area (Å²) in [6, 6.07) is 4.48. The normalized spacial score (nSPS) is 11.2. The highest BCUT2D eigenvalue weighted by Gasteiger charge is 2.09. The van der Waals surface area contributed by atoms with E-state index in [0.717, 1.165) is 6.26 Å². The van der Waals surface area contributed by atoms with E-state index in [1.807, 2.05) is 0 Å². The molecule has 0 bridgehead atoms. The fraction of sp³-hybridized carbons (Fsp3) is 0.300. The van der Waals surface area contributed by atoms with Crippen molar-refractivity contribution in [1.82, 2.24) is 0 Å². The largest absolute Gasteiger partial charge is 0.294 e. The summed E-state index contributed by atoms with van der Waals surface area (Å²) in [6.07, 6.45) is 1.42. The number of nitrogens with one attached hydrogen (secondary N) is 1. The smallest absolute Gasteiger partial charge is 0.229 e. The molecule has 0 amide bonds. The highest BCUT2D eigenvalue weighted by molar-refractivity contribution is 7.92. The van der Waals surface area contributed by atoms with Crippen LogP contribution in [0.3, 0.4) is 0 Å². The van der Waals surface area contributed by atoms with Gasteiger partial charge in [-0.05, 0) is 18.2 Å². The molecule has 0 aromatic heterocycles. The second-order valence-corrected chi connectivity index (χ2v) is 5.50. The molecule has 0 aliphatic heterocycles. The van der Waals surface area contributed by atoms with E-state index in [4.69, 9.17) is 11.6 Å². The first-order valence-electron chi connectivity index (χ1n) is 4.64. The standard InChI is InChI=1S/C10H12ClNO3S/c1-3-10(13)7-4-5-9(8(11)6-7)12-16(2,14)15/h4-6,12H,3H2,1-2H3. The topological polar surface area (TPSA) is 63.2 Å². The Hall–Kier alpha value is -1.07. The molecular weight excluding hydrogens is 250 g/mol. The summed E-state index contributed by atoms with van der Waals surface area (Å²) in [6.45, 7) is 1.75. The van der Waals surface area contributed by atoms with E-state index in [2.05, 4.69) is 4.72 Å². The van der Waals surface area contributed by atoms with Gasteiger partial charge in [0.1, 0.15) is 0 Å². The minimum atomic E-state index is -3.36. The van der Waals surface area contributed by atoms with E-state index >= 15 is 0 Å². The Morgan fingerprint density at radius 1 is 1.44 bits per heavy atom. The third-order valence-corrected chi connectivity index (χ3v) is 2.81. The van der Waals surface area contributed by atoms with Gasteiger partial charge in [-0.25, -0.2) is 8.42 Å². The van der Waals surface area contributed by atoms with Crippen molar-refractivity contribution in [3.8, 4) is 0 Å². The summed E-state index contributed by atoms with van der Waals surface area (Å²) in [5.41, 5.74) is 0.753. The van der Waals surface area contributed by atoms with Gasteiger partial charge < -0.3 is 0 Å². The summed E-state index contributed by atoms with van der Waals surface area (Å²) < 4.78 is 24.2. The Balaban J connectivity index is 3.05. The second-order valence-electron chi connectivity index (χ2n) is 3.35. The molecule has 0 fully saturated rings. The van der Waals surface area contributed by atoms with Crippen LogP contribution < -0.4 is 4.72 Å². The number of hydrogen-bond acceptors (Lipinski definition) is 3. The van der Waals surface area contributed by atoms with Gasteiger partial charge >= 0.3 is 0 Å². The zero-order chi connectivity index (χ0) is 12.3. The van der Waals surface area contributed by atoms with Crippen LogP contribution in [-0.2, 0) is 10.0 Å². The average Bonchev–Trinajstić information content (AvgIpc) is 2.18. The first kappa shape index (κ1) is 13.0. The number of ketones is 1. The molecule has 1 rings (SSSR count). The molecule has 4 nitrogen and oxygen atoms in total. The Morgan fingerprint density at radius 3 is 2.50 bits per heavy atom. The van der Waals surface area contributed by atoms with E-state index in [1.165, 1.54) is 12.1 Å². The molecule has 0 spiro atoms. The van der Waals surface area contributed by atoms with E-state index in [1.54, 1.807) is 13.0 Å². The van der Waals surface area contributed by atoms with Crippen LogP contribution in [0, 0.1) is 0 Å². The SMILES string of the molecule is CCC(=O)c1ccc(NS(C)(=O)=O)c(Cl)c1. The van der Waals surface area contributed by atoms with E-state index < -0.39 is 10.0 Å². The molecule has 0 radical (unpaired) electrons. The number of Topliss-reactive ketones (excluding diaryl/α,β-unsaturated/α-hetero) is 1. The number of hydrogen-bond donors (Lipinski definition) is 1. The Bertz CT molecular complexity index is 511. The summed E-state index contributed by atoms with van der Waals surface area (Å²) in [7, 11) is -3.36. The summed E-state index contributed by atoms with van der Waals surface area (Å²) in [5.74, 6) is -0.0344. The Morgan fingerprint density at radius 2 is 2.06 bits per heavy atom. The van der Waals surface area contributed by atoms with E-state index in [0.29, 0.717) is 12.0 Å². The van der Waals surface area contributed by atoms with Crippen LogP contribution in [0.1, 0.15) is 23.7 Å². The number of carbonyl (C=O) groups is 1. The van der Waals surface area contributed by atoms with Gasteiger partial charge in [-0.15, -0.1) is 0 Å². The molecular formula is C10H12ClNO3S. The maximum absolute atomic E-state index is 11.4. The molecule has 0 saturated carbocycles. The van der Waals surface area contributed by atoms with Gasteiger partial charge in [0.25, 0.3) is 0 Å². The zero-order valence-electron chi connectivity index (χ0n) is 8.95. The lowest BCUT2D eigenvalue weighted by Crippen LogP contribution is -2.10. The predicted octanol–water partition coefficient (Wildman–Crippen LogP) is 2.30. The highest BCUT2D eigenvalue weighted by Crippen LogP contribution is 2.24. The van der Waals surface area contributed by atoms with Crippen molar-refractivity contribution in [2.24, 2.45) is 0 Å². The van der Waals surface area contributed by atoms with Crippen LogP contribution in [0.2, 0.25) is 5.02 Å². The van der Waals surface area contributed by atoms with Crippen LogP contribution in [0.25, 0.3) is 0 Å². The van der Waals surface area contributed by atoms with Crippen molar-refractivity contribution < 1.29 is 13.2 Å². The number of sulfonamides is 1. The molecule has 1 N–H and O–H groups in total. The average molecular weight is 262 g/mol. The zero-order valence-corrected chi connectivity index (χ0v) is 10.5. The molecule has 88 valence electrons. The summed E-state index contributed by atoms with van der Waals surface area (Å²) >= 11 is 5.86. The molecule has 0 unspecified atom stereocenters. The van der Waals surface area contributed by atoms with Gasteiger partial charge in [-0.1, -0.05) is 18.5 Å². The molecule has 1 aromatic rings. The lowest BCUT2D eigenvalue weighted by Gasteiger charge is -2.07. The fourth-order valence-electron chi connectivity index (χ4n) is 1.18. The first-order chi connectivity index (χ1) is 7.33. The molecule has 6 heteroatoms. The maximum Gasteiger partial charge on any atom is 0.229 e. The van der Waals surface area contributed by atoms with Gasteiger partial charge in [-0.3, -0.25) is 9.52 Å². The molecule has 16 heavy (non-hydrogen) atoms. The number of benzene rings is 1. The summed E-state index contributed by atoms with van der Waals surface area (Å²) in [5, 5.41) is 0.213. The van der Waals surface area contributed by atoms with Gasteiger partial charge in [0.05, 0.1) is 17.0 Å². The predicted molar refractivity (Wildman–Crippen MR) is 64.5 cm³/mol. The van der Waals surface area contributed by atoms with Gasteiger partial charge in [0.2, 0.25) is 10.0 Å². The van der Waals surface area contributed by atoms with Gasteiger partial charge in [0.15, 0.2) is 5.78 Å². The minimum absolute atomic E-state index is 0.0344. The number of carbonyl (C=O) groups excluding carboxylic acids is 1. The molecule has 0 aliphatic rings. The van der Waals surface area contributed by atoms with Gasteiger partial charge in [-0.2, -0.15) is 0 Å².